The molecular formula is C36H32ClN3O4S. The van der Waals surface area contributed by atoms with Gasteiger partial charge in [0.25, 0.3) is 15.9 Å². The van der Waals surface area contributed by atoms with Crippen LogP contribution in [0.15, 0.2) is 126 Å². The lowest BCUT2D eigenvalue weighted by Crippen LogP contribution is -2.49. The van der Waals surface area contributed by atoms with Gasteiger partial charge in [-0.3, -0.25) is 14.4 Å². The van der Waals surface area contributed by atoms with Crippen molar-refractivity contribution in [2.45, 2.75) is 31.5 Å². The second kappa shape index (κ2) is 12.7. The summed E-state index contributed by atoms with van der Waals surface area (Å²) in [6, 6.07) is 36.5. The first-order valence-electron chi connectivity index (χ1n) is 14.6. The first kappa shape index (κ1) is 30.2. The van der Waals surface area contributed by atoms with Crippen molar-refractivity contribution >= 4 is 44.6 Å². The van der Waals surface area contributed by atoms with E-state index in [-0.39, 0.29) is 16.4 Å². The maximum atomic E-state index is 14.6. The molecule has 1 N–H and O–H groups in total. The number of aryl methyl sites for hydroxylation is 1. The van der Waals surface area contributed by atoms with Crippen molar-refractivity contribution < 1.29 is 17.9 Å². The third-order valence-corrected chi connectivity index (χ3v) is 9.41. The van der Waals surface area contributed by atoms with Gasteiger partial charge in [0.2, 0.25) is 0 Å². The van der Waals surface area contributed by atoms with Crippen molar-refractivity contribution in [3.05, 3.63) is 149 Å². The number of carbonyl (C=O) groups excluding carboxylic acids is 1. The molecule has 0 aliphatic carbocycles. The summed E-state index contributed by atoms with van der Waals surface area (Å²) >= 11 is 6.81. The van der Waals surface area contributed by atoms with Crippen molar-refractivity contribution in [1.29, 1.82) is 0 Å². The molecule has 0 bridgehead atoms. The van der Waals surface area contributed by atoms with Gasteiger partial charge in [-0.2, -0.15) is 0 Å². The Balaban J connectivity index is 1.49. The molecule has 9 heteroatoms. The number of nitrogens with one attached hydrogen (secondary N) is 1. The third kappa shape index (κ3) is 6.25. The average molecular weight is 638 g/mol. The van der Waals surface area contributed by atoms with Gasteiger partial charge < -0.3 is 9.64 Å². The zero-order chi connectivity index (χ0) is 31.6. The highest BCUT2D eigenvalue weighted by Crippen LogP contribution is 2.44. The van der Waals surface area contributed by atoms with E-state index in [1.807, 2.05) is 92.7 Å². The largest absolute Gasteiger partial charge is 0.494 e. The number of halogens is 1. The fourth-order valence-electron chi connectivity index (χ4n) is 5.52. The molecule has 0 radical (unpaired) electrons. The van der Waals surface area contributed by atoms with Gasteiger partial charge in [0.05, 0.1) is 22.8 Å². The predicted octanol–water partition coefficient (Wildman–Crippen LogP) is 8.21. The topological polar surface area (TPSA) is 78.9 Å². The molecule has 1 heterocycles. The monoisotopic (exact) mass is 637 g/mol. The Labute approximate surface area is 268 Å². The van der Waals surface area contributed by atoms with Gasteiger partial charge in [-0.1, -0.05) is 77.8 Å². The molecule has 0 spiro atoms. The maximum Gasteiger partial charge on any atom is 0.262 e. The lowest BCUT2D eigenvalue weighted by molar-refractivity contribution is 0.0968. The highest BCUT2D eigenvalue weighted by Gasteiger charge is 2.41. The van der Waals surface area contributed by atoms with E-state index in [0.29, 0.717) is 41.0 Å². The number of hydrogen-bond acceptors (Lipinski definition) is 5. The van der Waals surface area contributed by atoms with E-state index in [1.165, 1.54) is 12.1 Å². The molecule has 1 aliphatic heterocycles. The summed E-state index contributed by atoms with van der Waals surface area (Å²) in [6.45, 7) is 4.81. The number of nitrogens with zero attached hydrogens (tertiary/aromatic N) is 2. The number of amides is 1. The Morgan fingerprint density at radius 3 is 2.22 bits per heavy atom. The number of benzene rings is 5. The van der Waals surface area contributed by atoms with E-state index in [2.05, 4.69) is 9.62 Å². The van der Waals surface area contributed by atoms with E-state index in [9.17, 15) is 13.2 Å². The number of rotatable bonds is 9. The molecule has 1 atom stereocenters. The summed E-state index contributed by atoms with van der Waals surface area (Å²) in [5.41, 5.74) is 4.75. The molecule has 5 aromatic rings. The third-order valence-electron chi connectivity index (χ3n) is 7.69. The Bertz CT molecular complexity index is 1930. The van der Waals surface area contributed by atoms with E-state index >= 15 is 0 Å². The minimum absolute atomic E-state index is 0.0248. The van der Waals surface area contributed by atoms with E-state index in [1.54, 1.807) is 35.2 Å². The fraction of sp³-hybridized carbons (Fsp3) is 0.139. The normalized spacial score (nSPS) is 14.6. The molecular weight excluding hydrogens is 606 g/mol. The van der Waals surface area contributed by atoms with Gasteiger partial charge in [-0.05, 0) is 80.1 Å². The lowest BCUT2D eigenvalue weighted by atomic mass is 9.99. The van der Waals surface area contributed by atoms with Crippen LogP contribution in [-0.4, -0.2) is 20.9 Å². The van der Waals surface area contributed by atoms with Crippen molar-refractivity contribution in [1.82, 2.24) is 0 Å². The van der Waals surface area contributed by atoms with Gasteiger partial charge in [-0.25, -0.2) is 8.42 Å². The Morgan fingerprint density at radius 1 is 0.844 bits per heavy atom. The van der Waals surface area contributed by atoms with E-state index < -0.39 is 16.2 Å². The van der Waals surface area contributed by atoms with Crippen LogP contribution in [0.2, 0.25) is 5.02 Å². The molecule has 0 saturated heterocycles. The quantitative estimate of drug-likeness (QED) is 0.176. The Hall–Kier alpha value is -4.79. The number of hydrogen-bond donors (Lipinski definition) is 1. The van der Waals surface area contributed by atoms with Crippen molar-refractivity contribution in [2.24, 2.45) is 0 Å². The molecule has 0 fully saturated rings. The van der Waals surface area contributed by atoms with Crippen molar-refractivity contribution in [3.8, 4) is 5.75 Å². The summed E-state index contributed by atoms with van der Waals surface area (Å²) in [6.07, 6.45) is -0.606. The highest BCUT2D eigenvalue weighted by atomic mass is 35.5. The zero-order valence-corrected chi connectivity index (χ0v) is 26.4. The molecule has 228 valence electrons. The van der Waals surface area contributed by atoms with E-state index in [0.717, 1.165) is 16.7 Å². The molecule has 6 rings (SSSR count). The van der Waals surface area contributed by atoms with Crippen LogP contribution in [0.5, 0.6) is 5.75 Å². The zero-order valence-electron chi connectivity index (χ0n) is 24.9. The van der Waals surface area contributed by atoms with Crippen LogP contribution in [0.3, 0.4) is 0 Å². The van der Waals surface area contributed by atoms with Crippen molar-refractivity contribution in [3.63, 3.8) is 0 Å². The number of ether oxygens (including phenoxy) is 1. The second-order valence-electron chi connectivity index (χ2n) is 10.8. The maximum absolute atomic E-state index is 14.6. The van der Waals surface area contributed by atoms with E-state index in [4.69, 9.17) is 16.3 Å². The number of anilines is 3. The molecule has 0 saturated carbocycles. The number of carbonyl (C=O) groups is 1. The molecule has 5 aromatic carbocycles. The molecule has 0 aromatic heterocycles. The minimum Gasteiger partial charge on any atom is -0.494 e. The summed E-state index contributed by atoms with van der Waals surface area (Å²) in [7, 11) is -4.03. The van der Waals surface area contributed by atoms with Crippen LogP contribution < -0.4 is 19.3 Å². The highest BCUT2D eigenvalue weighted by molar-refractivity contribution is 7.92. The molecule has 1 aliphatic rings. The fourth-order valence-corrected chi connectivity index (χ4v) is 6.84. The van der Waals surface area contributed by atoms with Gasteiger partial charge in [0.1, 0.15) is 11.9 Å². The van der Waals surface area contributed by atoms with Gasteiger partial charge in [0.15, 0.2) is 0 Å². The molecule has 45 heavy (non-hydrogen) atoms. The summed E-state index contributed by atoms with van der Waals surface area (Å²) in [5.74, 6) is 0.309. The van der Waals surface area contributed by atoms with Crippen LogP contribution >= 0.6 is 11.6 Å². The molecule has 7 nitrogen and oxygen atoms in total. The van der Waals surface area contributed by atoms with Gasteiger partial charge in [-0.15, -0.1) is 0 Å². The van der Waals surface area contributed by atoms with Crippen LogP contribution in [0.4, 0.5) is 17.1 Å². The van der Waals surface area contributed by atoms with Crippen LogP contribution in [-0.2, 0) is 16.6 Å². The number of fused-ring (bicyclic) bond motifs is 1. The summed E-state index contributed by atoms with van der Waals surface area (Å²) in [4.78, 5) is 18.3. The molecule has 1 amide bonds. The smallest absolute Gasteiger partial charge is 0.262 e. The summed E-state index contributed by atoms with van der Waals surface area (Å²) < 4.78 is 35.3. The Kier molecular flexibility index (Phi) is 8.52. The van der Waals surface area contributed by atoms with Crippen molar-refractivity contribution in [2.75, 3.05) is 21.1 Å². The van der Waals surface area contributed by atoms with Gasteiger partial charge >= 0.3 is 0 Å². The first-order chi connectivity index (χ1) is 21.7. The summed E-state index contributed by atoms with van der Waals surface area (Å²) in [5, 5.41) is 0.521. The lowest BCUT2D eigenvalue weighted by Gasteiger charge is -2.46. The SMILES string of the molecule is CCOc1ccc(NS(=O)(=O)c2ccc3c(c2)C(=O)N(c2ccc(C)cc2)[C@@H](c2ccccc2Cl)N3Cc2ccccc2)cc1. The predicted molar refractivity (Wildman–Crippen MR) is 180 cm³/mol. The van der Waals surface area contributed by atoms with Crippen LogP contribution in [0.25, 0.3) is 0 Å². The second-order valence-corrected chi connectivity index (χ2v) is 12.9. The minimum atomic E-state index is -4.03. The van der Waals surface area contributed by atoms with Gasteiger partial charge in [0, 0.05) is 28.5 Å². The first-order valence-corrected chi connectivity index (χ1v) is 16.5. The number of sulfonamides is 1. The average Bonchev–Trinajstić information content (AvgIpc) is 3.04. The molecule has 0 unspecified atom stereocenters. The van der Waals surface area contributed by atoms with Crippen LogP contribution in [0, 0.1) is 6.92 Å². The Morgan fingerprint density at radius 2 is 1.53 bits per heavy atom. The van der Waals surface area contributed by atoms with Crippen LogP contribution in [0.1, 0.15) is 40.1 Å². The standard InChI is InChI=1S/C36H32ClN3O4S/c1-3-44-29-19-15-27(16-20-29)38-45(42,43)30-21-22-34-32(23-30)36(41)40(28-17-13-25(2)14-18-28)35(31-11-7-8-12-33(31)37)39(34)24-26-9-5-4-6-10-26/h4-23,35,38H,3,24H2,1-2H3/t35-/m0/s1.